The van der Waals surface area contributed by atoms with Crippen LogP contribution in [0.5, 0.6) is 11.5 Å². The van der Waals surface area contributed by atoms with Crippen LogP contribution < -0.4 is 4.74 Å². The molecular weight excluding hydrogens is 500 g/mol. The van der Waals surface area contributed by atoms with Gasteiger partial charge in [-0.15, -0.1) is 0 Å². The third-order valence-corrected chi connectivity index (χ3v) is 7.31. The van der Waals surface area contributed by atoms with Crippen molar-refractivity contribution in [1.82, 2.24) is 9.97 Å². The highest BCUT2D eigenvalue weighted by Crippen LogP contribution is 2.30. The van der Waals surface area contributed by atoms with E-state index in [1.807, 2.05) is 42.7 Å². The zero-order valence-electron chi connectivity index (χ0n) is 23.0. The van der Waals surface area contributed by atoms with Gasteiger partial charge in [-0.1, -0.05) is 91.0 Å². The van der Waals surface area contributed by atoms with Crippen molar-refractivity contribution in [3.05, 3.63) is 168 Å². The van der Waals surface area contributed by atoms with Crippen molar-refractivity contribution < 1.29 is 4.74 Å². The summed E-state index contributed by atoms with van der Waals surface area (Å²) in [5, 5.41) is 0. The lowest BCUT2D eigenvalue weighted by molar-refractivity contribution is 0.469. The monoisotopic (exact) mass is 532 g/mol. The fourth-order valence-corrected chi connectivity index (χ4v) is 5.11. The summed E-state index contributed by atoms with van der Waals surface area (Å²) in [7, 11) is 0. The molecule has 0 aliphatic heterocycles. The summed E-state index contributed by atoms with van der Waals surface area (Å²) in [6.45, 7) is 0. The van der Waals surface area contributed by atoms with Crippen molar-refractivity contribution in [2.75, 3.05) is 0 Å². The first-order chi connectivity index (χ1) is 20.3. The minimum Gasteiger partial charge on any atom is -0.457 e. The van der Waals surface area contributed by atoms with Gasteiger partial charge < -0.3 is 4.74 Å². The molecule has 0 bridgehead atoms. The first kappa shape index (κ1) is 26.2. The van der Waals surface area contributed by atoms with Crippen LogP contribution >= 0.6 is 0 Å². The molecule has 4 aromatic carbocycles. The molecule has 0 atom stereocenters. The van der Waals surface area contributed by atoms with Gasteiger partial charge in [-0.05, 0) is 90.4 Å². The molecule has 0 aliphatic rings. The zero-order valence-corrected chi connectivity index (χ0v) is 23.0. The molecule has 0 amide bonds. The second-order valence-corrected chi connectivity index (χ2v) is 10.1. The van der Waals surface area contributed by atoms with Crippen molar-refractivity contribution in [2.45, 2.75) is 25.7 Å². The van der Waals surface area contributed by atoms with E-state index in [1.165, 1.54) is 22.3 Å². The number of rotatable bonds is 10. The summed E-state index contributed by atoms with van der Waals surface area (Å²) in [6, 6.07) is 46.1. The van der Waals surface area contributed by atoms with Crippen molar-refractivity contribution in [3.8, 4) is 34.0 Å². The van der Waals surface area contributed by atoms with E-state index in [0.29, 0.717) is 0 Å². The lowest BCUT2D eigenvalue weighted by Crippen LogP contribution is -1.99. The van der Waals surface area contributed by atoms with E-state index in [4.69, 9.17) is 4.74 Å². The molecule has 0 unspecified atom stereocenters. The van der Waals surface area contributed by atoms with Gasteiger partial charge in [0.05, 0.1) is 11.4 Å². The Balaban J connectivity index is 1.15. The van der Waals surface area contributed by atoms with Crippen LogP contribution in [0.3, 0.4) is 0 Å². The smallest absolute Gasteiger partial charge is 0.130 e. The van der Waals surface area contributed by atoms with Gasteiger partial charge in [0.2, 0.25) is 0 Å². The molecule has 0 spiro atoms. The Bertz CT molecular complexity index is 1590. The van der Waals surface area contributed by atoms with Crippen molar-refractivity contribution >= 4 is 0 Å². The van der Waals surface area contributed by atoms with Crippen LogP contribution in [0.4, 0.5) is 0 Å². The molecule has 6 rings (SSSR count). The molecule has 0 fully saturated rings. The Morgan fingerprint density at radius 3 is 1.73 bits per heavy atom. The summed E-state index contributed by atoms with van der Waals surface area (Å²) in [5.41, 5.74) is 9.24. The lowest BCUT2D eigenvalue weighted by Gasteiger charge is -2.15. The van der Waals surface area contributed by atoms with E-state index in [2.05, 4.69) is 113 Å². The highest BCUT2D eigenvalue weighted by molar-refractivity contribution is 5.60. The molecule has 2 aromatic heterocycles. The fraction of sp³-hybridized carbons (Fsp3) is 0.105. The second kappa shape index (κ2) is 12.9. The van der Waals surface area contributed by atoms with Crippen LogP contribution in [0, 0.1) is 0 Å². The number of nitrogens with zero attached hydrogens (tertiary/aromatic N) is 2. The van der Waals surface area contributed by atoms with Gasteiger partial charge in [-0.2, -0.15) is 0 Å². The SMILES string of the molecule is c1ccc(-c2cc(CCc3ccccc3Oc3ccccc3CCc3cccc(-c4ccccn4)c3)ccn2)cc1. The van der Waals surface area contributed by atoms with Crippen LogP contribution in [0.2, 0.25) is 0 Å². The predicted molar refractivity (Wildman–Crippen MR) is 167 cm³/mol. The van der Waals surface area contributed by atoms with Gasteiger partial charge in [0.25, 0.3) is 0 Å². The normalized spacial score (nSPS) is 10.8. The predicted octanol–water partition coefficient (Wildman–Crippen LogP) is 9.17. The Morgan fingerprint density at radius 1 is 0.415 bits per heavy atom. The third-order valence-electron chi connectivity index (χ3n) is 7.31. The molecule has 0 saturated carbocycles. The molecule has 0 aliphatic carbocycles. The summed E-state index contributed by atoms with van der Waals surface area (Å²) in [4.78, 5) is 9.09. The third kappa shape index (κ3) is 6.77. The Kier molecular flexibility index (Phi) is 8.24. The maximum Gasteiger partial charge on any atom is 0.130 e. The average molecular weight is 533 g/mol. The van der Waals surface area contributed by atoms with Gasteiger partial charge in [0, 0.05) is 23.5 Å². The van der Waals surface area contributed by atoms with E-state index in [1.54, 1.807) is 0 Å². The highest BCUT2D eigenvalue weighted by Gasteiger charge is 2.10. The first-order valence-corrected chi connectivity index (χ1v) is 14.2. The highest BCUT2D eigenvalue weighted by atomic mass is 16.5. The lowest BCUT2D eigenvalue weighted by atomic mass is 10.0. The number of hydrogen-bond donors (Lipinski definition) is 0. The minimum absolute atomic E-state index is 0.886. The molecule has 0 saturated heterocycles. The number of aromatic nitrogens is 2. The fourth-order valence-electron chi connectivity index (χ4n) is 5.11. The zero-order chi connectivity index (χ0) is 27.7. The van der Waals surface area contributed by atoms with Gasteiger partial charge in [0.1, 0.15) is 11.5 Å². The minimum atomic E-state index is 0.886. The summed E-state index contributed by atoms with van der Waals surface area (Å²) >= 11 is 0. The first-order valence-electron chi connectivity index (χ1n) is 14.2. The molecule has 6 aromatic rings. The van der Waals surface area contributed by atoms with Crippen LogP contribution in [-0.4, -0.2) is 9.97 Å². The molecule has 0 N–H and O–H groups in total. The van der Waals surface area contributed by atoms with Gasteiger partial charge >= 0.3 is 0 Å². The van der Waals surface area contributed by atoms with E-state index in [9.17, 15) is 0 Å². The Hall–Kier alpha value is -5.02. The number of benzene rings is 4. The number of aryl methyl sites for hydroxylation is 4. The maximum absolute atomic E-state index is 6.58. The molecule has 0 radical (unpaired) electrons. The standard InChI is InChI=1S/C38H32N2O/c1-2-12-31(13-3-1)36-28-30(24-26-40-36)21-23-33-15-5-7-19-38(33)41-37-18-6-4-14-32(37)22-20-29-11-10-16-34(27-29)35-17-8-9-25-39-35/h1-19,24-28H,20-23H2. The number of hydrogen-bond acceptors (Lipinski definition) is 3. The van der Waals surface area contributed by atoms with Crippen molar-refractivity contribution in [1.29, 1.82) is 0 Å². The van der Waals surface area contributed by atoms with Crippen LogP contribution in [0.25, 0.3) is 22.5 Å². The van der Waals surface area contributed by atoms with E-state index in [-0.39, 0.29) is 0 Å². The van der Waals surface area contributed by atoms with Crippen molar-refractivity contribution in [2.24, 2.45) is 0 Å². The molecule has 3 nitrogen and oxygen atoms in total. The van der Waals surface area contributed by atoms with Gasteiger partial charge in [-0.3, -0.25) is 9.97 Å². The topological polar surface area (TPSA) is 35.0 Å². The van der Waals surface area contributed by atoms with E-state index >= 15 is 0 Å². The molecule has 200 valence electrons. The molecule has 3 heteroatoms. The maximum atomic E-state index is 6.58. The molecular formula is C38H32N2O. The number of pyridine rings is 2. The van der Waals surface area contributed by atoms with Crippen molar-refractivity contribution in [3.63, 3.8) is 0 Å². The second-order valence-electron chi connectivity index (χ2n) is 10.1. The van der Waals surface area contributed by atoms with Crippen LogP contribution in [-0.2, 0) is 25.7 Å². The van der Waals surface area contributed by atoms with E-state index < -0.39 is 0 Å². The summed E-state index contributed by atoms with van der Waals surface area (Å²) in [6.07, 6.45) is 7.36. The largest absolute Gasteiger partial charge is 0.457 e. The Morgan fingerprint density at radius 2 is 1.02 bits per heavy atom. The van der Waals surface area contributed by atoms with Gasteiger partial charge in [-0.25, -0.2) is 0 Å². The van der Waals surface area contributed by atoms with Gasteiger partial charge in [0.15, 0.2) is 0 Å². The molecule has 41 heavy (non-hydrogen) atoms. The molecule has 2 heterocycles. The summed E-state index contributed by atoms with van der Waals surface area (Å²) < 4.78 is 6.58. The van der Waals surface area contributed by atoms with Crippen LogP contribution in [0.1, 0.15) is 22.3 Å². The summed E-state index contributed by atoms with van der Waals surface area (Å²) in [5.74, 6) is 1.82. The Labute approximate surface area is 242 Å². The quantitative estimate of drug-likeness (QED) is 0.176. The number of para-hydroxylation sites is 2. The van der Waals surface area contributed by atoms with E-state index in [0.717, 1.165) is 59.7 Å². The average Bonchev–Trinajstić information content (AvgIpc) is 3.05. The van der Waals surface area contributed by atoms with Crippen LogP contribution in [0.15, 0.2) is 146 Å². The number of ether oxygens (including phenoxy) is 1.